The number of nitrogens with one attached hydrogen (secondary N) is 1. The molecule has 11 heteroatoms. The van der Waals surface area contributed by atoms with Gasteiger partial charge in [0.05, 0.1) is 29.6 Å². The van der Waals surface area contributed by atoms with E-state index in [0.29, 0.717) is 4.57 Å². The van der Waals surface area contributed by atoms with Gasteiger partial charge in [-0.2, -0.15) is 0 Å². The van der Waals surface area contributed by atoms with Gasteiger partial charge in [-0.25, -0.2) is 18.5 Å². The van der Waals surface area contributed by atoms with Gasteiger partial charge in [0.1, 0.15) is 17.1 Å². The molecule has 33 heavy (non-hydrogen) atoms. The Bertz CT molecular complexity index is 1520. The maximum Gasteiger partial charge on any atom is 0.339 e. The number of ether oxygens (including phenoxy) is 1. The van der Waals surface area contributed by atoms with E-state index < -0.39 is 35.5 Å². The zero-order valence-corrected chi connectivity index (χ0v) is 18.6. The van der Waals surface area contributed by atoms with Crippen molar-refractivity contribution in [3.63, 3.8) is 0 Å². The molecule has 0 bridgehead atoms. The van der Waals surface area contributed by atoms with Crippen molar-refractivity contribution in [2.75, 3.05) is 12.4 Å². The summed E-state index contributed by atoms with van der Waals surface area (Å²) in [6.45, 7) is -0.506. The number of esters is 1. The lowest BCUT2D eigenvalue weighted by Crippen LogP contribution is -2.40. The first-order valence-electron chi connectivity index (χ1n) is 9.47. The molecule has 1 N–H and O–H groups in total. The number of carbonyl (C=O) groups is 2. The van der Waals surface area contributed by atoms with Gasteiger partial charge >= 0.3 is 11.7 Å². The van der Waals surface area contributed by atoms with Crippen molar-refractivity contribution in [3.8, 4) is 5.69 Å². The van der Waals surface area contributed by atoms with Crippen LogP contribution in [0.5, 0.6) is 0 Å². The van der Waals surface area contributed by atoms with Crippen LogP contribution in [0.2, 0.25) is 5.02 Å². The fraction of sp³-hybridized carbons (Fsp3) is 0.0909. The molecule has 0 aliphatic rings. The monoisotopic (exact) mass is 487 g/mol. The molecule has 0 fully saturated rings. The Labute approximate surface area is 194 Å². The second-order valence-corrected chi connectivity index (χ2v) is 8.18. The number of benzene rings is 2. The first-order chi connectivity index (χ1) is 15.8. The third-order valence-electron chi connectivity index (χ3n) is 4.81. The Kier molecular flexibility index (Phi) is 6.12. The number of hydrogen-bond acceptors (Lipinski definition) is 6. The third kappa shape index (κ3) is 4.18. The Morgan fingerprint density at radius 3 is 2.64 bits per heavy atom. The molecule has 0 saturated heterocycles. The topological polar surface area (TPSA) is 99.4 Å². The van der Waals surface area contributed by atoms with Crippen LogP contribution in [0.3, 0.4) is 0 Å². The summed E-state index contributed by atoms with van der Waals surface area (Å²) in [5.74, 6) is -2.12. The fourth-order valence-electron chi connectivity index (χ4n) is 3.33. The first kappa shape index (κ1) is 22.4. The van der Waals surface area contributed by atoms with Gasteiger partial charge in [0, 0.05) is 5.02 Å². The van der Waals surface area contributed by atoms with Crippen LogP contribution >= 0.6 is 22.9 Å². The van der Waals surface area contributed by atoms with Crippen LogP contribution in [0.25, 0.3) is 15.9 Å². The minimum absolute atomic E-state index is 0.0691. The number of thiophene rings is 1. The summed E-state index contributed by atoms with van der Waals surface area (Å²) < 4.78 is 21.1. The highest BCUT2D eigenvalue weighted by molar-refractivity contribution is 7.17. The summed E-state index contributed by atoms with van der Waals surface area (Å²) in [6, 6.07) is 11.1. The number of nitrogens with zero attached hydrogens (tertiary/aromatic N) is 2. The number of halogens is 2. The summed E-state index contributed by atoms with van der Waals surface area (Å²) in [7, 11) is 1.20. The maximum atomic E-state index is 14.4. The highest BCUT2D eigenvalue weighted by Gasteiger charge is 2.20. The van der Waals surface area contributed by atoms with Crippen LogP contribution in [0.4, 0.5) is 10.1 Å². The summed E-state index contributed by atoms with van der Waals surface area (Å²) in [5, 5.41) is 4.40. The van der Waals surface area contributed by atoms with E-state index >= 15 is 0 Å². The highest BCUT2D eigenvalue weighted by atomic mass is 35.5. The molecule has 2 heterocycles. The van der Waals surface area contributed by atoms with Crippen molar-refractivity contribution in [2.45, 2.75) is 6.54 Å². The van der Waals surface area contributed by atoms with Crippen LogP contribution in [0.15, 0.2) is 63.5 Å². The molecule has 0 aliphatic heterocycles. The van der Waals surface area contributed by atoms with E-state index in [1.165, 1.54) is 49.6 Å². The molecule has 168 valence electrons. The highest BCUT2D eigenvalue weighted by Crippen LogP contribution is 2.22. The zero-order chi connectivity index (χ0) is 23.7. The molecule has 2 aromatic heterocycles. The third-order valence-corrected chi connectivity index (χ3v) is 5.94. The van der Waals surface area contributed by atoms with Crippen LogP contribution in [-0.4, -0.2) is 28.1 Å². The van der Waals surface area contributed by atoms with Gasteiger partial charge in [0.15, 0.2) is 0 Å². The van der Waals surface area contributed by atoms with E-state index in [-0.39, 0.29) is 32.2 Å². The van der Waals surface area contributed by atoms with Crippen molar-refractivity contribution < 1.29 is 18.7 Å². The lowest BCUT2D eigenvalue weighted by molar-refractivity contribution is -0.116. The molecule has 0 saturated carbocycles. The van der Waals surface area contributed by atoms with Crippen LogP contribution < -0.4 is 16.6 Å². The SMILES string of the molecule is COC(=O)c1ccc(Cl)cc1NC(=O)Cn1c(=O)n(-c2ccccc2F)c(=O)c2sccc21. The molecule has 0 unspecified atom stereocenters. The largest absolute Gasteiger partial charge is 0.465 e. The average molecular weight is 488 g/mol. The molecule has 4 rings (SSSR count). The Hall–Kier alpha value is -3.76. The van der Waals surface area contributed by atoms with Gasteiger partial charge in [-0.1, -0.05) is 23.7 Å². The average Bonchev–Trinajstić information content (AvgIpc) is 3.28. The minimum atomic E-state index is -0.884. The summed E-state index contributed by atoms with van der Waals surface area (Å²) in [6.07, 6.45) is 0. The number of hydrogen-bond donors (Lipinski definition) is 1. The number of para-hydroxylation sites is 1. The second-order valence-electron chi connectivity index (χ2n) is 6.83. The second kappa shape index (κ2) is 9.00. The van der Waals surface area contributed by atoms with E-state index in [0.717, 1.165) is 22.0 Å². The van der Waals surface area contributed by atoms with E-state index in [1.54, 1.807) is 5.38 Å². The first-order valence-corrected chi connectivity index (χ1v) is 10.7. The van der Waals surface area contributed by atoms with Gasteiger partial charge in [-0.3, -0.25) is 14.2 Å². The Morgan fingerprint density at radius 1 is 1.15 bits per heavy atom. The predicted molar refractivity (Wildman–Crippen MR) is 123 cm³/mol. The number of rotatable bonds is 5. The van der Waals surface area contributed by atoms with Crippen molar-refractivity contribution in [1.82, 2.24) is 9.13 Å². The number of carbonyl (C=O) groups excluding carboxylic acids is 2. The smallest absolute Gasteiger partial charge is 0.339 e. The molecule has 0 radical (unpaired) electrons. The number of fused-ring (bicyclic) bond motifs is 1. The molecular weight excluding hydrogens is 473 g/mol. The van der Waals surface area contributed by atoms with Gasteiger partial charge in [-0.05, 0) is 41.8 Å². The molecule has 1 amide bonds. The van der Waals surface area contributed by atoms with Crippen LogP contribution in [0, 0.1) is 5.82 Å². The summed E-state index contributed by atoms with van der Waals surface area (Å²) in [5.41, 5.74) is -1.40. The van der Waals surface area contributed by atoms with Gasteiger partial charge in [0.25, 0.3) is 5.56 Å². The molecule has 8 nitrogen and oxygen atoms in total. The number of methoxy groups -OCH3 is 1. The Morgan fingerprint density at radius 2 is 1.91 bits per heavy atom. The standard InChI is InChI=1S/C22H15ClFN3O5S/c1-32-21(30)13-7-6-12(23)10-15(13)25-18(28)11-26-17-8-9-33-19(17)20(29)27(22(26)31)16-5-3-2-4-14(16)24/h2-10H,11H2,1H3,(H,25,28). The van der Waals surface area contributed by atoms with Gasteiger partial charge < -0.3 is 10.1 Å². The van der Waals surface area contributed by atoms with Gasteiger partial charge in [0.2, 0.25) is 5.91 Å². The van der Waals surface area contributed by atoms with Crippen molar-refractivity contribution in [2.24, 2.45) is 0 Å². The van der Waals surface area contributed by atoms with Crippen molar-refractivity contribution >= 4 is 50.7 Å². The van der Waals surface area contributed by atoms with E-state index in [9.17, 15) is 23.6 Å². The molecule has 0 aliphatic carbocycles. The van der Waals surface area contributed by atoms with E-state index in [1.807, 2.05) is 0 Å². The zero-order valence-electron chi connectivity index (χ0n) is 17.0. The molecule has 4 aromatic rings. The van der Waals surface area contributed by atoms with Crippen LogP contribution in [0.1, 0.15) is 10.4 Å². The number of amides is 1. The maximum absolute atomic E-state index is 14.4. The molecule has 2 aromatic carbocycles. The fourth-order valence-corrected chi connectivity index (χ4v) is 4.32. The number of aromatic nitrogens is 2. The summed E-state index contributed by atoms with van der Waals surface area (Å²) >= 11 is 7.06. The molecule has 0 spiro atoms. The normalized spacial score (nSPS) is 10.9. The summed E-state index contributed by atoms with van der Waals surface area (Å²) in [4.78, 5) is 51.0. The minimum Gasteiger partial charge on any atom is -0.465 e. The molecular formula is C22H15ClFN3O5S. The Balaban J connectivity index is 1.79. The van der Waals surface area contributed by atoms with Crippen LogP contribution in [-0.2, 0) is 16.1 Å². The van der Waals surface area contributed by atoms with E-state index in [2.05, 4.69) is 5.32 Å². The van der Waals surface area contributed by atoms with E-state index in [4.69, 9.17) is 16.3 Å². The number of anilines is 1. The lowest BCUT2D eigenvalue weighted by Gasteiger charge is -2.14. The molecule has 0 atom stereocenters. The van der Waals surface area contributed by atoms with Crippen molar-refractivity contribution in [1.29, 1.82) is 0 Å². The lowest BCUT2D eigenvalue weighted by atomic mass is 10.2. The quantitative estimate of drug-likeness (QED) is 0.435. The van der Waals surface area contributed by atoms with Gasteiger partial charge in [-0.15, -0.1) is 11.3 Å². The predicted octanol–water partition coefficient (Wildman–Crippen LogP) is 3.43. The van der Waals surface area contributed by atoms with Crippen molar-refractivity contribution in [3.05, 3.63) is 91.2 Å².